The van der Waals surface area contributed by atoms with E-state index in [4.69, 9.17) is 4.98 Å². The van der Waals surface area contributed by atoms with Crippen LogP contribution in [0.5, 0.6) is 0 Å². The molecule has 0 bridgehead atoms. The maximum absolute atomic E-state index is 4.73. The van der Waals surface area contributed by atoms with Crippen LogP contribution in [0.4, 0.5) is 17.1 Å². The number of anilines is 3. The normalized spacial score (nSPS) is 12.5. The van der Waals surface area contributed by atoms with Crippen molar-refractivity contribution in [1.82, 2.24) is 9.97 Å². The van der Waals surface area contributed by atoms with Gasteiger partial charge in [-0.25, -0.2) is 9.97 Å². The van der Waals surface area contributed by atoms with Crippen molar-refractivity contribution in [2.75, 3.05) is 4.90 Å². The number of para-hydroxylation sites is 3. The van der Waals surface area contributed by atoms with Gasteiger partial charge in [0.25, 0.3) is 0 Å². The largest absolute Gasteiger partial charge is 0.308 e. The first kappa shape index (κ1) is 17.2. The molecule has 0 N–H and O–H groups in total. The molecule has 0 saturated heterocycles. The van der Waals surface area contributed by atoms with Crippen molar-refractivity contribution >= 4 is 39.7 Å². The highest BCUT2D eigenvalue weighted by molar-refractivity contribution is 7.99. The van der Waals surface area contributed by atoms with E-state index < -0.39 is 0 Å². The Bertz CT molecular complexity index is 1330. The molecule has 5 aromatic rings. The van der Waals surface area contributed by atoms with Crippen molar-refractivity contribution in [3.63, 3.8) is 0 Å². The Morgan fingerprint density at radius 1 is 0.633 bits per heavy atom. The lowest BCUT2D eigenvalue weighted by Gasteiger charge is -2.32. The van der Waals surface area contributed by atoms with Crippen LogP contribution in [0.15, 0.2) is 113 Å². The second-order valence-electron chi connectivity index (χ2n) is 7.17. The number of rotatable bonds is 2. The van der Waals surface area contributed by atoms with Gasteiger partial charge in [-0.15, -0.1) is 0 Å². The number of hydrogen-bond acceptors (Lipinski definition) is 4. The van der Waals surface area contributed by atoms with E-state index in [0.717, 1.165) is 28.0 Å². The van der Waals surface area contributed by atoms with Crippen LogP contribution in [-0.2, 0) is 0 Å². The zero-order valence-corrected chi connectivity index (χ0v) is 16.9. The van der Waals surface area contributed by atoms with Crippen molar-refractivity contribution in [3.8, 4) is 11.4 Å². The molecule has 0 amide bonds. The van der Waals surface area contributed by atoms with Crippen molar-refractivity contribution < 1.29 is 0 Å². The quantitative estimate of drug-likeness (QED) is 0.305. The predicted octanol–water partition coefficient (Wildman–Crippen LogP) is 7.23. The molecule has 2 heterocycles. The van der Waals surface area contributed by atoms with E-state index in [1.54, 1.807) is 0 Å². The lowest BCUT2D eigenvalue weighted by atomic mass is 10.1. The zero-order chi connectivity index (χ0) is 19.9. The Labute approximate surface area is 179 Å². The highest BCUT2D eigenvalue weighted by Gasteiger charge is 2.24. The summed E-state index contributed by atoms with van der Waals surface area (Å²) in [6.45, 7) is 0. The Balaban J connectivity index is 1.43. The van der Waals surface area contributed by atoms with Gasteiger partial charge in [-0.1, -0.05) is 54.2 Å². The van der Waals surface area contributed by atoms with Crippen LogP contribution in [0.25, 0.3) is 22.3 Å². The van der Waals surface area contributed by atoms with Crippen molar-refractivity contribution in [2.24, 2.45) is 0 Å². The Hall–Kier alpha value is -3.63. The molecule has 0 fully saturated rings. The van der Waals surface area contributed by atoms with Gasteiger partial charge in [0.05, 0.1) is 16.9 Å². The van der Waals surface area contributed by atoms with Gasteiger partial charge in [-0.3, -0.25) is 0 Å². The van der Waals surface area contributed by atoms with Crippen molar-refractivity contribution in [2.45, 2.75) is 9.79 Å². The van der Waals surface area contributed by atoms with E-state index in [1.165, 1.54) is 21.2 Å². The molecule has 0 atom stereocenters. The topological polar surface area (TPSA) is 29.0 Å². The van der Waals surface area contributed by atoms with E-state index in [2.05, 4.69) is 82.7 Å². The average Bonchev–Trinajstić information content (AvgIpc) is 2.82. The van der Waals surface area contributed by atoms with E-state index in [0.29, 0.717) is 0 Å². The van der Waals surface area contributed by atoms with Crippen LogP contribution >= 0.6 is 11.8 Å². The summed E-state index contributed by atoms with van der Waals surface area (Å²) in [6.07, 6.45) is 1.89. The van der Waals surface area contributed by atoms with Crippen LogP contribution in [0, 0.1) is 0 Å². The molecule has 3 nitrogen and oxygen atoms in total. The minimum Gasteiger partial charge on any atom is -0.308 e. The molecule has 6 rings (SSSR count). The third-order valence-corrected chi connectivity index (χ3v) is 6.44. The van der Waals surface area contributed by atoms with Gasteiger partial charge < -0.3 is 4.90 Å². The third kappa shape index (κ3) is 2.85. The monoisotopic (exact) mass is 403 g/mol. The molecular weight excluding hydrogens is 386 g/mol. The summed E-state index contributed by atoms with van der Waals surface area (Å²) >= 11 is 1.82. The van der Waals surface area contributed by atoms with Gasteiger partial charge in [-0.05, 0) is 54.6 Å². The lowest BCUT2D eigenvalue weighted by Crippen LogP contribution is -2.14. The number of hydrogen-bond donors (Lipinski definition) is 0. The molecule has 0 saturated carbocycles. The Morgan fingerprint density at radius 2 is 1.27 bits per heavy atom. The minimum atomic E-state index is 0.746. The average molecular weight is 404 g/mol. The van der Waals surface area contributed by atoms with Crippen molar-refractivity contribution in [1.29, 1.82) is 0 Å². The van der Waals surface area contributed by atoms with Gasteiger partial charge in [0.15, 0.2) is 5.82 Å². The third-order valence-electron chi connectivity index (χ3n) is 5.30. The summed E-state index contributed by atoms with van der Waals surface area (Å²) in [4.78, 5) is 14.1. The van der Waals surface area contributed by atoms with E-state index in [9.17, 15) is 0 Å². The molecule has 0 unspecified atom stereocenters. The number of nitrogens with zero attached hydrogens (tertiary/aromatic N) is 3. The zero-order valence-electron chi connectivity index (χ0n) is 16.1. The SMILES string of the molecule is c1ccc2c(c1)Sc1ccccc1N2c1ccc(-c2ncc3ccccc3n2)cc1. The Kier molecular flexibility index (Phi) is 4.03. The van der Waals surface area contributed by atoms with E-state index >= 15 is 0 Å². The molecule has 0 radical (unpaired) electrons. The molecule has 1 aromatic heterocycles. The molecular formula is C26H17N3S. The summed E-state index contributed by atoms with van der Waals surface area (Å²) in [6, 6.07) is 33.7. The van der Waals surface area contributed by atoms with Gasteiger partial charge in [0.1, 0.15) is 0 Å². The first-order valence-corrected chi connectivity index (χ1v) is 10.7. The van der Waals surface area contributed by atoms with Crippen molar-refractivity contribution in [3.05, 3.63) is 103 Å². The number of fused-ring (bicyclic) bond motifs is 3. The molecule has 1 aliphatic rings. The van der Waals surface area contributed by atoms with Crippen LogP contribution in [0.2, 0.25) is 0 Å². The molecule has 0 aliphatic carbocycles. The summed E-state index contributed by atoms with van der Waals surface area (Å²) < 4.78 is 0. The second kappa shape index (κ2) is 7.01. The fourth-order valence-electron chi connectivity index (χ4n) is 3.85. The molecule has 30 heavy (non-hydrogen) atoms. The molecule has 4 heteroatoms. The lowest BCUT2D eigenvalue weighted by molar-refractivity contribution is 1.16. The highest BCUT2D eigenvalue weighted by atomic mass is 32.2. The van der Waals surface area contributed by atoms with Crippen LogP contribution in [0.1, 0.15) is 0 Å². The molecule has 1 aliphatic heterocycles. The van der Waals surface area contributed by atoms with E-state index in [-0.39, 0.29) is 0 Å². The standard InChI is InChI=1S/C26H17N3S/c1-2-8-21-19(7-1)17-27-26(28-21)18-13-15-20(16-14-18)29-22-9-3-5-11-24(22)30-25-12-6-4-10-23(25)29/h1-17H. The summed E-state index contributed by atoms with van der Waals surface area (Å²) in [5.74, 6) is 0.746. The molecule has 142 valence electrons. The first-order chi connectivity index (χ1) is 14.9. The summed E-state index contributed by atoms with van der Waals surface area (Å²) in [7, 11) is 0. The van der Waals surface area contributed by atoms with Crippen LogP contribution in [0.3, 0.4) is 0 Å². The van der Waals surface area contributed by atoms with Gasteiger partial charge in [0, 0.05) is 32.6 Å². The molecule has 4 aromatic carbocycles. The Morgan fingerprint density at radius 3 is 2.00 bits per heavy atom. The number of aromatic nitrogens is 2. The fourth-order valence-corrected chi connectivity index (χ4v) is 4.91. The van der Waals surface area contributed by atoms with Gasteiger partial charge >= 0.3 is 0 Å². The fraction of sp³-hybridized carbons (Fsp3) is 0. The highest BCUT2D eigenvalue weighted by Crippen LogP contribution is 2.51. The summed E-state index contributed by atoms with van der Waals surface area (Å²) in [5, 5.41) is 1.05. The van der Waals surface area contributed by atoms with Gasteiger partial charge in [-0.2, -0.15) is 0 Å². The maximum Gasteiger partial charge on any atom is 0.159 e. The molecule has 0 spiro atoms. The van der Waals surface area contributed by atoms with E-state index in [1.807, 2.05) is 42.2 Å². The van der Waals surface area contributed by atoms with Crippen LogP contribution in [-0.4, -0.2) is 9.97 Å². The van der Waals surface area contributed by atoms with Gasteiger partial charge in [0.2, 0.25) is 0 Å². The predicted molar refractivity (Wildman–Crippen MR) is 124 cm³/mol. The van der Waals surface area contributed by atoms with Crippen LogP contribution < -0.4 is 4.90 Å². The second-order valence-corrected chi connectivity index (χ2v) is 8.26. The summed E-state index contributed by atoms with van der Waals surface area (Å²) in [5.41, 5.74) is 5.51. The number of benzene rings is 4. The first-order valence-electron chi connectivity index (χ1n) is 9.85. The maximum atomic E-state index is 4.73. The smallest absolute Gasteiger partial charge is 0.159 e. The minimum absolute atomic E-state index is 0.746.